The summed E-state index contributed by atoms with van der Waals surface area (Å²) >= 11 is 0. The van der Waals surface area contributed by atoms with E-state index in [4.69, 9.17) is 4.74 Å². The molecule has 1 aliphatic rings. The number of benzene rings is 1. The number of hydrazine groups is 1. The number of pyridine rings is 1. The highest BCUT2D eigenvalue weighted by Crippen LogP contribution is 2.11. The van der Waals surface area contributed by atoms with Crippen LogP contribution in [0, 0.1) is 0 Å². The van der Waals surface area contributed by atoms with Crippen LogP contribution in [0.1, 0.15) is 23.2 Å². The molecule has 0 radical (unpaired) electrons. The van der Waals surface area contributed by atoms with Crippen molar-refractivity contribution in [2.75, 3.05) is 6.61 Å². The van der Waals surface area contributed by atoms with Gasteiger partial charge in [-0.15, -0.1) is 0 Å². The second-order valence-corrected chi connectivity index (χ2v) is 5.02. The lowest BCUT2D eigenvalue weighted by Crippen LogP contribution is -2.47. The molecule has 0 bridgehead atoms. The molecule has 1 saturated heterocycles. The predicted octanol–water partition coefficient (Wildman–Crippen LogP) is 0.468. The van der Waals surface area contributed by atoms with Crippen LogP contribution in [-0.4, -0.2) is 29.5 Å². The maximum Gasteiger partial charge on any atom is 0.275 e. The van der Waals surface area contributed by atoms with Crippen LogP contribution in [0.4, 0.5) is 0 Å². The molecule has 1 unspecified atom stereocenters. The topological polar surface area (TPSA) is 100 Å². The number of fused-ring (bicyclic) bond motifs is 1. The van der Waals surface area contributed by atoms with Crippen molar-refractivity contribution in [2.24, 2.45) is 0 Å². The number of rotatable bonds is 2. The summed E-state index contributed by atoms with van der Waals surface area (Å²) in [7, 11) is 0. The molecule has 2 aromatic rings. The van der Waals surface area contributed by atoms with Crippen LogP contribution >= 0.6 is 0 Å². The van der Waals surface area contributed by atoms with Crippen LogP contribution in [0.3, 0.4) is 0 Å². The molecule has 1 aromatic carbocycles. The zero-order valence-electron chi connectivity index (χ0n) is 11.7. The zero-order valence-corrected chi connectivity index (χ0v) is 11.7. The summed E-state index contributed by atoms with van der Waals surface area (Å²) in [5, 5.41) is 0.417. The van der Waals surface area contributed by atoms with E-state index in [0.717, 1.165) is 6.42 Å². The highest BCUT2D eigenvalue weighted by Gasteiger charge is 2.24. The van der Waals surface area contributed by atoms with Crippen LogP contribution in [-0.2, 0) is 9.53 Å². The van der Waals surface area contributed by atoms with Gasteiger partial charge in [-0.05, 0) is 25.0 Å². The normalized spacial score (nSPS) is 17.4. The lowest BCUT2D eigenvalue weighted by Gasteiger charge is -2.11. The Morgan fingerprint density at radius 3 is 2.82 bits per heavy atom. The van der Waals surface area contributed by atoms with Crippen molar-refractivity contribution in [1.82, 2.24) is 15.8 Å². The summed E-state index contributed by atoms with van der Waals surface area (Å²) in [5.41, 5.74) is 4.72. The molecule has 7 nitrogen and oxygen atoms in total. The summed E-state index contributed by atoms with van der Waals surface area (Å²) in [5.74, 6) is -1.08. The van der Waals surface area contributed by atoms with E-state index in [1.54, 1.807) is 24.3 Å². The monoisotopic (exact) mass is 301 g/mol. The molecule has 1 aliphatic heterocycles. The highest BCUT2D eigenvalue weighted by molar-refractivity contribution is 5.98. The fourth-order valence-corrected chi connectivity index (χ4v) is 2.39. The third-order valence-electron chi connectivity index (χ3n) is 3.55. The Balaban J connectivity index is 1.73. The number of aromatic nitrogens is 1. The first kappa shape index (κ1) is 14.3. The average Bonchev–Trinajstić information content (AvgIpc) is 3.07. The quantitative estimate of drug-likeness (QED) is 0.702. The number of carbonyl (C=O) groups excluding carboxylic acids is 2. The van der Waals surface area contributed by atoms with Gasteiger partial charge in [-0.2, -0.15) is 0 Å². The van der Waals surface area contributed by atoms with E-state index in [2.05, 4.69) is 15.8 Å². The van der Waals surface area contributed by atoms with E-state index in [1.807, 2.05) is 0 Å². The first-order valence-electron chi connectivity index (χ1n) is 6.99. The second-order valence-electron chi connectivity index (χ2n) is 5.02. The number of carbonyl (C=O) groups is 2. The molecule has 7 heteroatoms. The van der Waals surface area contributed by atoms with Gasteiger partial charge in [-0.3, -0.25) is 25.2 Å². The number of hydrogen-bond donors (Lipinski definition) is 3. The van der Waals surface area contributed by atoms with E-state index >= 15 is 0 Å². The van der Waals surface area contributed by atoms with Crippen LogP contribution in [0.25, 0.3) is 10.9 Å². The van der Waals surface area contributed by atoms with Crippen molar-refractivity contribution in [3.05, 3.63) is 46.2 Å². The lowest BCUT2D eigenvalue weighted by atomic mass is 10.1. The maximum absolute atomic E-state index is 12.3. The van der Waals surface area contributed by atoms with E-state index in [0.29, 0.717) is 23.9 Å². The molecule has 3 N–H and O–H groups in total. The average molecular weight is 301 g/mol. The molecule has 1 atom stereocenters. The minimum atomic E-state index is -0.668. The Morgan fingerprint density at radius 2 is 2.05 bits per heavy atom. The van der Waals surface area contributed by atoms with E-state index in [9.17, 15) is 14.4 Å². The highest BCUT2D eigenvalue weighted by atomic mass is 16.5. The Morgan fingerprint density at radius 1 is 1.23 bits per heavy atom. The van der Waals surface area contributed by atoms with Gasteiger partial charge in [0.05, 0.1) is 0 Å². The van der Waals surface area contributed by atoms with Crippen molar-refractivity contribution in [1.29, 1.82) is 0 Å². The van der Waals surface area contributed by atoms with Gasteiger partial charge < -0.3 is 9.72 Å². The Hall–Kier alpha value is -2.67. The van der Waals surface area contributed by atoms with Crippen molar-refractivity contribution < 1.29 is 14.3 Å². The minimum Gasteiger partial charge on any atom is -0.368 e. The summed E-state index contributed by atoms with van der Waals surface area (Å²) in [4.78, 5) is 38.9. The number of hydrogen-bond acceptors (Lipinski definition) is 4. The predicted molar refractivity (Wildman–Crippen MR) is 79.2 cm³/mol. The number of aromatic amines is 1. The van der Waals surface area contributed by atoms with Crippen molar-refractivity contribution in [3.8, 4) is 0 Å². The molecular weight excluding hydrogens is 286 g/mol. The van der Waals surface area contributed by atoms with Gasteiger partial charge >= 0.3 is 0 Å². The van der Waals surface area contributed by atoms with Crippen LogP contribution in [0.15, 0.2) is 35.3 Å². The second kappa shape index (κ2) is 5.98. The number of H-pyrrole nitrogens is 1. The third-order valence-corrected chi connectivity index (χ3v) is 3.55. The van der Waals surface area contributed by atoms with E-state index in [-0.39, 0.29) is 5.56 Å². The minimum absolute atomic E-state index is 0.0636. The van der Waals surface area contributed by atoms with Crippen LogP contribution in [0.5, 0.6) is 0 Å². The van der Waals surface area contributed by atoms with Gasteiger partial charge in [0.1, 0.15) is 11.7 Å². The van der Waals surface area contributed by atoms with Gasteiger partial charge in [0.2, 0.25) is 5.43 Å². The summed E-state index contributed by atoms with van der Waals surface area (Å²) in [6.45, 7) is 0.538. The van der Waals surface area contributed by atoms with E-state index < -0.39 is 23.3 Å². The van der Waals surface area contributed by atoms with Crippen LogP contribution < -0.4 is 16.3 Å². The van der Waals surface area contributed by atoms with Crippen molar-refractivity contribution in [3.63, 3.8) is 0 Å². The molecule has 1 aromatic heterocycles. The Labute approximate surface area is 125 Å². The summed E-state index contributed by atoms with van der Waals surface area (Å²) < 4.78 is 5.20. The molecule has 114 valence electrons. The van der Waals surface area contributed by atoms with Gasteiger partial charge in [-0.25, -0.2) is 0 Å². The molecule has 2 heterocycles. The molecule has 3 rings (SSSR count). The largest absolute Gasteiger partial charge is 0.368 e. The Bertz CT molecular complexity index is 778. The first-order chi connectivity index (χ1) is 10.7. The fourth-order valence-electron chi connectivity index (χ4n) is 2.39. The Kier molecular flexibility index (Phi) is 3.88. The van der Waals surface area contributed by atoms with E-state index in [1.165, 1.54) is 6.20 Å². The van der Waals surface area contributed by atoms with Crippen molar-refractivity contribution in [2.45, 2.75) is 18.9 Å². The molecule has 2 amide bonds. The number of nitrogens with one attached hydrogen (secondary N) is 3. The lowest BCUT2D eigenvalue weighted by molar-refractivity contribution is -0.130. The summed E-state index contributed by atoms with van der Waals surface area (Å²) in [6, 6.07) is 6.89. The summed E-state index contributed by atoms with van der Waals surface area (Å²) in [6.07, 6.45) is 2.22. The van der Waals surface area contributed by atoms with Gasteiger partial charge in [0.15, 0.2) is 0 Å². The third kappa shape index (κ3) is 2.71. The molecule has 22 heavy (non-hydrogen) atoms. The number of para-hydroxylation sites is 1. The SMILES string of the molecule is O=C(NNC(=O)C1CCCO1)c1c[nH]c2ccccc2c1=O. The fraction of sp³-hybridized carbons (Fsp3) is 0.267. The standard InChI is InChI=1S/C15H15N3O4/c19-13-9-4-1-2-5-11(9)16-8-10(13)14(20)17-18-15(21)12-6-3-7-22-12/h1-2,4-5,8,12H,3,6-7H2,(H,16,19)(H,17,20)(H,18,21). The molecule has 0 spiro atoms. The van der Waals surface area contributed by atoms with Crippen LogP contribution in [0.2, 0.25) is 0 Å². The number of amides is 2. The molecule has 0 aliphatic carbocycles. The molecule has 1 fully saturated rings. The van der Waals surface area contributed by atoms with Gasteiger partial charge in [0.25, 0.3) is 11.8 Å². The smallest absolute Gasteiger partial charge is 0.275 e. The maximum atomic E-state index is 12.3. The van der Waals surface area contributed by atoms with Gasteiger partial charge in [0, 0.05) is 23.7 Å². The zero-order chi connectivity index (χ0) is 15.5. The van der Waals surface area contributed by atoms with Crippen molar-refractivity contribution >= 4 is 22.7 Å². The first-order valence-corrected chi connectivity index (χ1v) is 6.99. The molecular formula is C15H15N3O4. The van der Waals surface area contributed by atoms with Gasteiger partial charge in [-0.1, -0.05) is 12.1 Å². The number of ether oxygens (including phenoxy) is 1. The molecule has 0 saturated carbocycles.